The maximum atomic E-state index is 12.7. The highest BCUT2D eigenvalue weighted by Gasteiger charge is 2.43. The summed E-state index contributed by atoms with van der Waals surface area (Å²) in [7, 11) is 0. The first-order chi connectivity index (χ1) is 7.95. The number of carbonyl (C=O) groups excluding carboxylic acids is 1. The quantitative estimate of drug-likeness (QED) is 0.836. The van der Waals surface area contributed by atoms with Crippen LogP contribution >= 0.6 is 0 Å². The molecule has 1 aliphatic rings. The summed E-state index contributed by atoms with van der Waals surface area (Å²) in [6, 6.07) is 0. The Balaban J connectivity index is 2.43. The van der Waals surface area contributed by atoms with Gasteiger partial charge in [-0.15, -0.1) is 0 Å². The van der Waals surface area contributed by atoms with Crippen LogP contribution in [0, 0.1) is 0 Å². The highest BCUT2D eigenvalue weighted by molar-refractivity contribution is 5.92. The zero-order chi connectivity index (χ0) is 12.6. The van der Waals surface area contributed by atoms with Crippen LogP contribution in [0.3, 0.4) is 0 Å². The highest BCUT2D eigenvalue weighted by Crippen LogP contribution is 2.43. The molecular weight excluding hydrogens is 237 g/mol. The molecule has 1 fully saturated rings. The standard InChI is InChI=1S/C10H11F3N2O2/c1-2-17-9(16)6-7(5-3-4-5)14-15-8(6)10(11,12)13/h5H,2-4H2,1H3,(H,14,15). The van der Waals surface area contributed by atoms with Crippen molar-refractivity contribution in [1.82, 2.24) is 10.2 Å². The monoisotopic (exact) mass is 248 g/mol. The molecule has 1 heterocycles. The fraction of sp³-hybridized carbons (Fsp3) is 0.600. The van der Waals surface area contributed by atoms with Crippen LogP contribution in [0.1, 0.15) is 47.4 Å². The third-order valence-electron chi connectivity index (χ3n) is 2.53. The molecule has 1 N–H and O–H groups in total. The van der Waals surface area contributed by atoms with E-state index in [1.54, 1.807) is 6.92 Å². The minimum Gasteiger partial charge on any atom is -0.462 e. The van der Waals surface area contributed by atoms with Gasteiger partial charge in [-0.05, 0) is 19.8 Å². The van der Waals surface area contributed by atoms with Crippen molar-refractivity contribution in [1.29, 1.82) is 0 Å². The van der Waals surface area contributed by atoms with Gasteiger partial charge in [-0.1, -0.05) is 0 Å². The van der Waals surface area contributed by atoms with Gasteiger partial charge in [0.2, 0.25) is 0 Å². The average Bonchev–Trinajstić information content (AvgIpc) is 2.95. The molecule has 0 aliphatic heterocycles. The van der Waals surface area contributed by atoms with Crippen LogP contribution in [0.4, 0.5) is 13.2 Å². The van der Waals surface area contributed by atoms with Crippen molar-refractivity contribution in [3.05, 3.63) is 17.0 Å². The summed E-state index contributed by atoms with van der Waals surface area (Å²) in [5, 5.41) is 5.51. The average molecular weight is 248 g/mol. The Morgan fingerprint density at radius 2 is 2.18 bits per heavy atom. The third-order valence-corrected chi connectivity index (χ3v) is 2.53. The van der Waals surface area contributed by atoms with E-state index in [9.17, 15) is 18.0 Å². The van der Waals surface area contributed by atoms with Gasteiger partial charge in [-0.25, -0.2) is 4.79 Å². The Labute approximate surface area is 95.1 Å². The van der Waals surface area contributed by atoms with Crippen LogP contribution in [0.25, 0.3) is 0 Å². The molecule has 1 aliphatic carbocycles. The number of H-pyrrole nitrogens is 1. The van der Waals surface area contributed by atoms with Gasteiger partial charge in [0.05, 0.1) is 12.3 Å². The van der Waals surface area contributed by atoms with E-state index < -0.39 is 23.4 Å². The lowest BCUT2D eigenvalue weighted by Gasteiger charge is -2.07. The van der Waals surface area contributed by atoms with Crippen LogP contribution in [-0.4, -0.2) is 22.8 Å². The molecule has 0 unspecified atom stereocenters. The molecule has 7 heteroatoms. The fourth-order valence-electron chi connectivity index (χ4n) is 1.64. The Kier molecular flexibility index (Phi) is 2.84. The van der Waals surface area contributed by atoms with E-state index in [0.717, 1.165) is 12.8 Å². The van der Waals surface area contributed by atoms with Crippen LogP contribution < -0.4 is 0 Å². The van der Waals surface area contributed by atoms with Crippen LogP contribution in [0.15, 0.2) is 0 Å². The number of aromatic nitrogens is 2. The number of ether oxygens (including phenoxy) is 1. The zero-order valence-electron chi connectivity index (χ0n) is 9.10. The lowest BCUT2D eigenvalue weighted by atomic mass is 10.1. The smallest absolute Gasteiger partial charge is 0.436 e. The van der Waals surface area contributed by atoms with Crippen molar-refractivity contribution in [3.63, 3.8) is 0 Å². The number of nitrogens with zero attached hydrogens (tertiary/aromatic N) is 1. The summed E-state index contributed by atoms with van der Waals surface area (Å²) in [6.07, 6.45) is -3.11. The topological polar surface area (TPSA) is 55.0 Å². The molecule has 1 saturated carbocycles. The van der Waals surface area contributed by atoms with Crippen LogP contribution in [0.2, 0.25) is 0 Å². The molecule has 4 nitrogen and oxygen atoms in total. The number of aromatic amines is 1. The summed E-state index contributed by atoms with van der Waals surface area (Å²) in [4.78, 5) is 11.5. The maximum Gasteiger partial charge on any atom is 0.436 e. The lowest BCUT2D eigenvalue weighted by molar-refractivity contribution is -0.141. The normalized spacial score (nSPS) is 16.0. The highest BCUT2D eigenvalue weighted by atomic mass is 19.4. The number of esters is 1. The summed E-state index contributed by atoms with van der Waals surface area (Å²) >= 11 is 0. The third kappa shape index (κ3) is 2.27. The number of nitrogens with one attached hydrogen (secondary N) is 1. The van der Waals surface area contributed by atoms with E-state index >= 15 is 0 Å². The molecule has 0 atom stereocenters. The van der Waals surface area contributed by atoms with Crippen molar-refractivity contribution in [2.24, 2.45) is 0 Å². The molecule has 0 saturated heterocycles. The predicted octanol–water partition coefficient (Wildman–Crippen LogP) is 2.48. The zero-order valence-corrected chi connectivity index (χ0v) is 9.10. The fourth-order valence-corrected chi connectivity index (χ4v) is 1.64. The number of hydrogen-bond acceptors (Lipinski definition) is 3. The predicted molar refractivity (Wildman–Crippen MR) is 51.5 cm³/mol. The first-order valence-corrected chi connectivity index (χ1v) is 5.27. The van der Waals surface area contributed by atoms with Crippen molar-refractivity contribution < 1.29 is 22.7 Å². The Hall–Kier alpha value is -1.53. The van der Waals surface area contributed by atoms with Crippen molar-refractivity contribution in [2.75, 3.05) is 6.61 Å². The molecule has 17 heavy (non-hydrogen) atoms. The molecule has 1 aromatic rings. The Morgan fingerprint density at radius 3 is 2.65 bits per heavy atom. The SMILES string of the molecule is CCOC(=O)c1c(C(F)(F)F)n[nH]c1C1CC1. The molecule has 0 radical (unpaired) electrons. The molecule has 0 spiro atoms. The Bertz CT molecular complexity index is 435. The van der Waals surface area contributed by atoms with Crippen LogP contribution in [0.5, 0.6) is 0 Å². The van der Waals surface area contributed by atoms with E-state index in [1.807, 2.05) is 0 Å². The summed E-state index contributed by atoms with van der Waals surface area (Å²) in [6.45, 7) is 1.58. The van der Waals surface area contributed by atoms with Crippen molar-refractivity contribution >= 4 is 5.97 Å². The molecule has 2 rings (SSSR count). The van der Waals surface area contributed by atoms with Gasteiger partial charge in [-0.2, -0.15) is 18.3 Å². The van der Waals surface area contributed by atoms with Gasteiger partial charge >= 0.3 is 12.1 Å². The van der Waals surface area contributed by atoms with Gasteiger partial charge in [0.15, 0.2) is 5.69 Å². The van der Waals surface area contributed by atoms with Gasteiger partial charge in [-0.3, -0.25) is 5.10 Å². The summed E-state index contributed by atoms with van der Waals surface area (Å²) in [5.41, 5.74) is -1.39. The summed E-state index contributed by atoms with van der Waals surface area (Å²) < 4.78 is 42.6. The number of hydrogen-bond donors (Lipinski definition) is 1. The van der Waals surface area contributed by atoms with E-state index in [0.29, 0.717) is 0 Å². The van der Waals surface area contributed by atoms with E-state index in [1.165, 1.54) is 0 Å². The molecule has 0 amide bonds. The largest absolute Gasteiger partial charge is 0.462 e. The minimum absolute atomic E-state index is 0.0296. The molecular formula is C10H11F3N2O2. The maximum absolute atomic E-state index is 12.7. The van der Waals surface area contributed by atoms with E-state index in [4.69, 9.17) is 0 Å². The molecule has 1 aromatic heterocycles. The second kappa shape index (κ2) is 4.05. The van der Waals surface area contributed by atoms with Crippen molar-refractivity contribution in [3.8, 4) is 0 Å². The number of carbonyl (C=O) groups is 1. The van der Waals surface area contributed by atoms with E-state index in [2.05, 4.69) is 14.9 Å². The molecule has 0 aromatic carbocycles. The first-order valence-electron chi connectivity index (χ1n) is 5.27. The van der Waals surface area contributed by atoms with Crippen LogP contribution in [-0.2, 0) is 10.9 Å². The van der Waals surface area contributed by atoms with Crippen molar-refractivity contribution in [2.45, 2.75) is 31.9 Å². The lowest BCUT2D eigenvalue weighted by Crippen LogP contribution is -2.15. The van der Waals surface area contributed by atoms with Gasteiger partial charge in [0, 0.05) is 5.92 Å². The Morgan fingerprint density at radius 1 is 1.53 bits per heavy atom. The second-order valence-corrected chi connectivity index (χ2v) is 3.85. The molecule has 0 bridgehead atoms. The summed E-state index contributed by atoms with van der Waals surface area (Å²) in [5.74, 6) is -0.992. The van der Waals surface area contributed by atoms with Gasteiger partial charge in [0.1, 0.15) is 5.56 Å². The molecule has 94 valence electrons. The number of rotatable bonds is 3. The first kappa shape index (κ1) is 11.9. The minimum atomic E-state index is -4.65. The van der Waals surface area contributed by atoms with Gasteiger partial charge in [0.25, 0.3) is 0 Å². The number of alkyl halides is 3. The second-order valence-electron chi connectivity index (χ2n) is 3.85. The van der Waals surface area contributed by atoms with E-state index in [-0.39, 0.29) is 18.2 Å². The van der Waals surface area contributed by atoms with Gasteiger partial charge < -0.3 is 4.74 Å². The number of halogens is 3.